The molecule has 0 radical (unpaired) electrons. The predicted octanol–water partition coefficient (Wildman–Crippen LogP) is 3.74. The van der Waals surface area contributed by atoms with Crippen LogP contribution in [0.15, 0.2) is 36.4 Å². The number of hydrogen-bond acceptors (Lipinski definition) is 2. The fraction of sp³-hybridized carbons (Fsp3) is 0.0769. The molecule has 0 saturated heterocycles. The molecular weight excluding hydrogens is 241 g/mol. The lowest BCUT2D eigenvalue weighted by molar-refractivity contribution is 0.415. The van der Waals surface area contributed by atoms with Crippen molar-refractivity contribution in [1.29, 1.82) is 0 Å². The average Bonchev–Trinajstić information content (AvgIpc) is 2.29. The molecule has 2 aromatic rings. The SMILES string of the molecule is COc1ccc(-c2ccc(N)cc2F)cc1Cl. The number of nitrogen functional groups attached to an aromatic ring is 1. The molecule has 0 fully saturated rings. The molecule has 0 unspecified atom stereocenters. The van der Waals surface area contributed by atoms with Crippen LogP contribution in [0.25, 0.3) is 11.1 Å². The summed E-state index contributed by atoms with van der Waals surface area (Å²) in [6.07, 6.45) is 0. The summed E-state index contributed by atoms with van der Waals surface area (Å²) in [6.45, 7) is 0. The predicted molar refractivity (Wildman–Crippen MR) is 67.8 cm³/mol. The third-order valence-corrected chi connectivity index (χ3v) is 2.75. The molecule has 0 aliphatic heterocycles. The number of halogens is 2. The van der Waals surface area contributed by atoms with Crippen LogP contribution in [0, 0.1) is 5.82 Å². The molecule has 0 aliphatic carbocycles. The standard InChI is InChI=1S/C13H11ClFNO/c1-17-13-5-2-8(6-11(13)14)10-4-3-9(16)7-12(10)15/h2-7H,16H2,1H3. The second kappa shape index (κ2) is 4.63. The van der Waals surface area contributed by atoms with Gasteiger partial charge in [-0.3, -0.25) is 0 Å². The van der Waals surface area contributed by atoms with Gasteiger partial charge in [0, 0.05) is 11.3 Å². The first-order valence-corrected chi connectivity index (χ1v) is 5.38. The minimum absolute atomic E-state index is 0.369. The fourth-order valence-electron chi connectivity index (χ4n) is 1.60. The Hall–Kier alpha value is -1.74. The van der Waals surface area contributed by atoms with Crippen molar-refractivity contribution in [2.75, 3.05) is 12.8 Å². The van der Waals surface area contributed by atoms with Gasteiger partial charge in [-0.25, -0.2) is 4.39 Å². The Morgan fingerprint density at radius 2 is 1.94 bits per heavy atom. The second-order valence-corrected chi connectivity index (χ2v) is 4.00. The molecule has 4 heteroatoms. The number of benzene rings is 2. The topological polar surface area (TPSA) is 35.2 Å². The highest BCUT2D eigenvalue weighted by Crippen LogP contribution is 2.31. The smallest absolute Gasteiger partial charge is 0.137 e. The van der Waals surface area contributed by atoms with Crippen LogP contribution in [0.1, 0.15) is 0 Å². The second-order valence-electron chi connectivity index (χ2n) is 3.59. The number of anilines is 1. The van der Waals surface area contributed by atoms with Gasteiger partial charge < -0.3 is 10.5 Å². The summed E-state index contributed by atoms with van der Waals surface area (Å²) >= 11 is 5.99. The van der Waals surface area contributed by atoms with Crippen LogP contribution in [-0.4, -0.2) is 7.11 Å². The summed E-state index contributed by atoms with van der Waals surface area (Å²) in [5, 5.41) is 0.446. The maximum atomic E-state index is 13.7. The van der Waals surface area contributed by atoms with E-state index < -0.39 is 0 Å². The molecule has 88 valence electrons. The Morgan fingerprint density at radius 1 is 1.18 bits per heavy atom. The van der Waals surface area contributed by atoms with Crippen LogP contribution < -0.4 is 10.5 Å². The minimum Gasteiger partial charge on any atom is -0.495 e. The van der Waals surface area contributed by atoms with E-state index in [1.807, 2.05) is 0 Å². The Bertz CT molecular complexity index is 557. The number of methoxy groups -OCH3 is 1. The van der Waals surface area contributed by atoms with Crippen molar-refractivity contribution >= 4 is 17.3 Å². The molecule has 0 amide bonds. The van der Waals surface area contributed by atoms with Crippen molar-refractivity contribution in [2.24, 2.45) is 0 Å². The number of rotatable bonds is 2. The van der Waals surface area contributed by atoms with Gasteiger partial charge in [-0.15, -0.1) is 0 Å². The third kappa shape index (κ3) is 2.34. The van der Waals surface area contributed by atoms with Gasteiger partial charge in [-0.1, -0.05) is 17.7 Å². The maximum absolute atomic E-state index is 13.7. The Kier molecular flexibility index (Phi) is 3.20. The van der Waals surface area contributed by atoms with E-state index in [0.29, 0.717) is 27.6 Å². The average molecular weight is 252 g/mol. The summed E-state index contributed by atoms with van der Waals surface area (Å²) in [5.74, 6) is 0.192. The molecule has 0 bridgehead atoms. The summed E-state index contributed by atoms with van der Waals surface area (Å²) in [6, 6.07) is 9.68. The van der Waals surface area contributed by atoms with Crippen molar-refractivity contribution in [2.45, 2.75) is 0 Å². The maximum Gasteiger partial charge on any atom is 0.137 e. The number of hydrogen-bond donors (Lipinski definition) is 1. The molecule has 0 heterocycles. The van der Waals surface area contributed by atoms with Gasteiger partial charge >= 0.3 is 0 Å². The Labute approximate surface area is 104 Å². The lowest BCUT2D eigenvalue weighted by Gasteiger charge is -2.07. The van der Waals surface area contributed by atoms with E-state index in [1.165, 1.54) is 13.2 Å². The van der Waals surface area contributed by atoms with Gasteiger partial charge in [-0.2, -0.15) is 0 Å². The molecule has 17 heavy (non-hydrogen) atoms. The van der Waals surface area contributed by atoms with Gasteiger partial charge in [0.05, 0.1) is 12.1 Å². The van der Waals surface area contributed by atoms with E-state index in [0.717, 1.165) is 0 Å². The van der Waals surface area contributed by atoms with Gasteiger partial charge in [0.15, 0.2) is 0 Å². The first-order valence-electron chi connectivity index (χ1n) is 5.01. The van der Waals surface area contributed by atoms with Crippen molar-refractivity contribution < 1.29 is 9.13 Å². The van der Waals surface area contributed by atoms with Gasteiger partial charge in [0.2, 0.25) is 0 Å². The normalized spacial score (nSPS) is 10.3. The van der Waals surface area contributed by atoms with E-state index >= 15 is 0 Å². The first kappa shape index (κ1) is 11.7. The van der Waals surface area contributed by atoms with E-state index in [4.69, 9.17) is 22.1 Å². The molecule has 2 aromatic carbocycles. The lowest BCUT2D eigenvalue weighted by atomic mass is 10.0. The van der Waals surface area contributed by atoms with Crippen molar-refractivity contribution in [3.8, 4) is 16.9 Å². The molecule has 0 saturated carbocycles. The Morgan fingerprint density at radius 3 is 2.53 bits per heavy atom. The summed E-state index contributed by atoms with van der Waals surface area (Å²) in [7, 11) is 1.53. The molecular formula is C13H11ClFNO. The third-order valence-electron chi connectivity index (χ3n) is 2.46. The van der Waals surface area contributed by atoms with Crippen LogP contribution in [0.3, 0.4) is 0 Å². The molecule has 2 N–H and O–H groups in total. The largest absolute Gasteiger partial charge is 0.495 e. The quantitative estimate of drug-likeness (QED) is 0.826. The van der Waals surface area contributed by atoms with Gasteiger partial charge in [0.1, 0.15) is 11.6 Å². The molecule has 0 aromatic heterocycles. The molecule has 2 nitrogen and oxygen atoms in total. The monoisotopic (exact) mass is 251 g/mol. The minimum atomic E-state index is -0.369. The highest BCUT2D eigenvalue weighted by molar-refractivity contribution is 6.32. The van der Waals surface area contributed by atoms with E-state index in [1.54, 1.807) is 30.3 Å². The number of ether oxygens (including phenoxy) is 1. The van der Waals surface area contributed by atoms with Crippen molar-refractivity contribution in [3.63, 3.8) is 0 Å². The van der Waals surface area contributed by atoms with Crippen LogP contribution in [0.5, 0.6) is 5.75 Å². The van der Waals surface area contributed by atoms with Crippen LogP contribution >= 0.6 is 11.6 Å². The van der Waals surface area contributed by atoms with Crippen LogP contribution in [-0.2, 0) is 0 Å². The Balaban J connectivity index is 2.50. The summed E-state index contributed by atoms with van der Waals surface area (Å²) in [4.78, 5) is 0. The van der Waals surface area contributed by atoms with E-state index in [2.05, 4.69) is 0 Å². The molecule has 0 aliphatic rings. The zero-order valence-electron chi connectivity index (χ0n) is 9.21. The highest BCUT2D eigenvalue weighted by atomic mass is 35.5. The first-order chi connectivity index (χ1) is 8.11. The van der Waals surface area contributed by atoms with E-state index in [9.17, 15) is 4.39 Å². The van der Waals surface area contributed by atoms with Gasteiger partial charge in [0.25, 0.3) is 0 Å². The molecule has 0 atom stereocenters. The lowest BCUT2D eigenvalue weighted by Crippen LogP contribution is -1.90. The van der Waals surface area contributed by atoms with Gasteiger partial charge in [-0.05, 0) is 35.9 Å². The zero-order valence-corrected chi connectivity index (χ0v) is 9.96. The fourth-order valence-corrected chi connectivity index (χ4v) is 1.86. The van der Waals surface area contributed by atoms with E-state index in [-0.39, 0.29) is 5.82 Å². The molecule has 0 spiro atoms. The highest BCUT2D eigenvalue weighted by Gasteiger charge is 2.08. The van der Waals surface area contributed by atoms with Crippen molar-refractivity contribution in [3.05, 3.63) is 47.2 Å². The molecule has 2 rings (SSSR count). The zero-order chi connectivity index (χ0) is 12.4. The summed E-state index contributed by atoms with van der Waals surface area (Å²) < 4.78 is 18.7. The van der Waals surface area contributed by atoms with Crippen molar-refractivity contribution in [1.82, 2.24) is 0 Å². The van der Waals surface area contributed by atoms with Crippen LogP contribution in [0.2, 0.25) is 5.02 Å². The summed E-state index contributed by atoms with van der Waals surface area (Å²) in [5.41, 5.74) is 7.04. The van der Waals surface area contributed by atoms with Crippen LogP contribution in [0.4, 0.5) is 10.1 Å². The number of nitrogens with two attached hydrogens (primary N) is 1.